The zero-order chi connectivity index (χ0) is 16.8. The van der Waals surface area contributed by atoms with Crippen molar-refractivity contribution < 1.29 is 9.53 Å². The van der Waals surface area contributed by atoms with E-state index >= 15 is 0 Å². The van der Waals surface area contributed by atoms with E-state index in [0.29, 0.717) is 11.3 Å². The summed E-state index contributed by atoms with van der Waals surface area (Å²) in [5, 5.41) is 0. The van der Waals surface area contributed by atoms with Gasteiger partial charge in [-0.25, -0.2) is 0 Å². The number of nitrogens with zero attached hydrogens (tertiary/aromatic N) is 1. The van der Waals surface area contributed by atoms with Gasteiger partial charge in [-0.1, -0.05) is 36.4 Å². The fraction of sp³-hybridized carbons (Fsp3) is 0.143. The van der Waals surface area contributed by atoms with Gasteiger partial charge < -0.3 is 4.74 Å². The summed E-state index contributed by atoms with van der Waals surface area (Å²) in [6.07, 6.45) is 5.30. The Labute approximate surface area is 142 Å². The number of rotatable bonds is 6. The molecule has 1 unspecified atom stereocenters. The van der Waals surface area contributed by atoms with Gasteiger partial charge in [-0.05, 0) is 47.4 Å². The normalized spacial score (nSPS) is 11.7. The molecule has 1 aromatic heterocycles. The fourth-order valence-electron chi connectivity index (χ4n) is 2.93. The van der Waals surface area contributed by atoms with Gasteiger partial charge in [0.2, 0.25) is 0 Å². The molecule has 3 heteroatoms. The number of hydrogen-bond donors (Lipinski definition) is 0. The molecule has 0 saturated carbocycles. The quantitative estimate of drug-likeness (QED) is 0.637. The van der Waals surface area contributed by atoms with Gasteiger partial charge in [0.1, 0.15) is 5.75 Å². The number of aldehydes is 1. The van der Waals surface area contributed by atoms with Crippen LogP contribution in [0.25, 0.3) is 0 Å². The highest BCUT2D eigenvalue weighted by molar-refractivity contribution is 5.79. The molecular formula is C21H19NO2. The van der Waals surface area contributed by atoms with Crippen LogP contribution in [0.1, 0.15) is 33.0 Å². The molecule has 0 fully saturated rings. The van der Waals surface area contributed by atoms with Crippen LogP contribution >= 0.6 is 0 Å². The minimum Gasteiger partial charge on any atom is -0.496 e. The lowest BCUT2D eigenvalue weighted by atomic mass is 9.85. The lowest BCUT2D eigenvalue weighted by Gasteiger charge is -2.19. The first-order chi connectivity index (χ1) is 11.8. The van der Waals surface area contributed by atoms with Crippen LogP contribution in [0.4, 0.5) is 0 Å². The van der Waals surface area contributed by atoms with Crippen LogP contribution in [0.5, 0.6) is 5.75 Å². The molecule has 3 rings (SSSR count). The molecule has 0 radical (unpaired) electrons. The molecule has 0 N–H and O–H groups in total. The minimum absolute atomic E-state index is 0.165. The standard InChI is InChI=1S/C21H19NO2/c1-24-21-8-7-18(14-19(21)15-23)20(17-5-3-2-4-6-17)13-16-9-11-22-12-10-16/h2-12,14-15,20H,13H2,1H3. The van der Waals surface area contributed by atoms with Crippen molar-refractivity contribution in [3.8, 4) is 5.75 Å². The predicted octanol–water partition coefficient (Wildman–Crippen LogP) is 4.28. The highest BCUT2D eigenvalue weighted by Gasteiger charge is 2.16. The number of pyridine rings is 1. The van der Waals surface area contributed by atoms with Gasteiger partial charge in [0, 0.05) is 18.3 Å². The SMILES string of the molecule is COc1ccc(C(Cc2ccncc2)c2ccccc2)cc1C=O. The molecule has 0 aliphatic heterocycles. The Morgan fingerprint density at radius 2 is 1.75 bits per heavy atom. The number of aromatic nitrogens is 1. The van der Waals surface area contributed by atoms with Crippen molar-refractivity contribution in [2.75, 3.05) is 7.11 Å². The van der Waals surface area contributed by atoms with E-state index in [1.165, 1.54) is 11.1 Å². The zero-order valence-electron chi connectivity index (χ0n) is 13.6. The Hall–Kier alpha value is -2.94. The van der Waals surface area contributed by atoms with Gasteiger partial charge in [-0.2, -0.15) is 0 Å². The molecule has 0 aliphatic rings. The molecule has 3 aromatic rings. The summed E-state index contributed by atoms with van der Waals surface area (Å²) < 4.78 is 5.26. The van der Waals surface area contributed by atoms with Gasteiger partial charge in [-0.3, -0.25) is 9.78 Å². The molecule has 0 saturated heterocycles. The molecule has 1 heterocycles. The summed E-state index contributed by atoms with van der Waals surface area (Å²) >= 11 is 0. The number of carbonyl (C=O) groups excluding carboxylic acids is 1. The lowest BCUT2D eigenvalue weighted by Crippen LogP contribution is -2.06. The van der Waals surface area contributed by atoms with E-state index in [2.05, 4.69) is 17.1 Å². The van der Waals surface area contributed by atoms with Gasteiger partial charge in [0.15, 0.2) is 6.29 Å². The fourth-order valence-corrected chi connectivity index (χ4v) is 2.93. The van der Waals surface area contributed by atoms with Crippen molar-refractivity contribution in [2.24, 2.45) is 0 Å². The van der Waals surface area contributed by atoms with Crippen molar-refractivity contribution in [2.45, 2.75) is 12.3 Å². The number of benzene rings is 2. The summed E-state index contributed by atoms with van der Waals surface area (Å²) in [6, 6.07) is 20.2. The van der Waals surface area contributed by atoms with E-state index in [1.54, 1.807) is 7.11 Å². The van der Waals surface area contributed by atoms with E-state index in [9.17, 15) is 4.79 Å². The third-order valence-corrected chi connectivity index (χ3v) is 4.17. The van der Waals surface area contributed by atoms with Crippen molar-refractivity contribution in [3.63, 3.8) is 0 Å². The minimum atomic E-state index is 0.165. The maximum Gasteiger partial charge on any atom is 0.153 e. The Bertz CT molecular complexity index is 801. The molecule has 0 amide bonds. The van der Waals surface area contributed by atoms with Crippen molar-refractivity contribution >= 4 is 6.29 Å². The Morgan fingerprint density at radius 1 is 1.00 bits per heavy atom. The maximum atomic E-state index is 11.4. The Balaban J connectivity index is 2.03. The van der Waals surface area contributed by atoms with Crippen LogP contribution in [-0.4, -0.2) is 18.4 Å². The van der Waals surface area contributed by atoms with Crippen LogP contribution in [0, 0.1) is 0 Å². The molecule has 120 valence electrons. The van der Waals surface area contributed by atoms with Gasteiger partial charge in [0.25, 0.3) is 0 Å². The van der Waals surface area contributed by atoms with Gasteiger partial charge in [0.05, 0.1) is 12.7 Å². The number of carbonyl (C=O) groups is 1. The number of ether oxygens (including phenoxy) is 1. The number of methoxy groups -OCH3 is 1. The zero-order valence-corrected chi connectivity index (χ0v) is 13.6. The molecule has 3 nitrogen and oxygen atoms in total. The van der Waals surface area contributed by atoms with Gasteiger partial charge >= 0.3 is 0 Å². The van der Waals surface area contributed by atoms with Crippen molar-refractivity contribution in [1.82, 2.24) is 4.98 Å². The average Bonchev–Trinajstić information content (AvgIpc) is 2.67. The topological polar surface area (TPSA) is 39.2 Å². The molecular weight excluding hydrogens is 298 g/mol. The van der Waals surface area contributed by atoms with Crippen LogP contribution in [0.15, 0.2) is 73.1 Å². The third kappa shape index (κ3) is 3.51. The Morgan fingerprint density at radius 3 is 2.42 bits per heavy atom. The van der Waals surface area contributed by atoms with E-state index < -0.39 is 0 Å². The summed E-state index contributed by atoms with van der Waals surface area (Å²) in [5.41, 5.74) is 4.10. The van der Waals surface area contributed by atoms with Crippen molar-refractivity contribution in [3.05, 3.63) is 95.3 Å². The predicted molar refractivity (Wildman–Crippen MR) is 94.6 cm³/mol. The molecule has 0 bridgehead atoms. The van der Waals surface area contributed by atoms with E-state index in [-0.39, 0.29) is 5.92 Å². The largest absolute Gasteiger partial charge is 0.496 e. The van der Waals surface area contributed by atoms with Crippen LogP contribution < -0.4 is 4.74 Å². The lowest BCUT2D eigenvalue weighted by molar-refractivity contribution is 0.112. The summed E-state index contributed by atoms with van der Waals surface area (Å²) in [5.74, 6) is 0.766. The first-order valence-electron chi connectivity index (χ1n) is 7.89. The molecule has 24 heavy (non-hydrogen) atoms. The monoisotopic (exact) mass is 317 g/mol. The summed E-state index contributed by atoms with van der Waals surface area (Å²) in [7, 11) is 1.58. The van der Waals surface area contributed by atoms with E-state index in [1.807, 2.05) is 60.9 Å². The van der Waals surface area contributed by atoms with Crippen molar-refractivity contribution in [1.29, 1.82) is 0 Å². The first-order valence-corrected chi connectivity index (χ1v) is 7.89. The third-order valence-electron chi connectivity index (χ3n) is 4.17. The van der Waals surface area contributed by atoms with Crippen LogP contribution in [0.3, 0.4) is 0 Å². The smallest absolute Gasteiger partial charge is 0.153 e. The average molecular weight is 317 g/mol. The maximum absolute atomic E-state index is 11.4. The Kier molecular flexibility index (Phi) is 5.02. The van der Waals surface area contributed by atoms with Crippen LogP contribution in [-0.2, 0) is 6.42 Å². The molecule has 2 aromatic carbocycles. The summed E-state index contributed by atoms with van der Waals surface area (Å²) in [4.78, 5) is 15.5. The first kappa shape index (κ1) is 15.9. The molecule has 0 spiro atoms. The van der Waals surface area contributed by atoms with E-state index in [0.717, 1.165) is 18.3 Å². The van der Waals surface area contributed by atoms with Crippen LogP contribution in [0.2, 0.25) is 0 Å². The second-order valence-electron chi connectivity index (χ2n) is 5.64. The van der Waals surface area contributed by atoms with E-state index in [4.69, 9.17) is 4.74 Å². The highest BCUT2D eigenvalue weighted by atomic mass is 16.5. The van der Waals surface area contributed by atoms with Gasteiger partial charge in [-0.15, -0.1) is 0 Å². The second kappa shape index (κ2) is 7.55. The molecule has 1 atom stereocenters. The highest BCUT2D eigenvalue weighted by Crippen LogP contribution is 2.31. The summed E-state index contributed by atoms with van der Waals surface area (Å²) in [6.45, 7) is 0. The number of hydrogen-bond acceptors (Lipinski definition) is 3. The molecule has 0 aliphatic carbocycles. The second-order valence-corrected chi connectivity index (χ2v) is 5.64.